The van der Waals surface area contributed by atoms with Gasteiger partial charge in [-0.1, -0.05) is 13.8 Å². The molecule has 0 radical (unpaired) electrons. The van der Waals surface area contributed by atoms with Crippen LogP contribution in [0, 0.1) is 6.92 Å². The van der Waals surface area contributed by atoms with Crippen LogP contribution in [0.25, 0.3) is 16.9 Å². The number of likely N-dealkylation sites (tertiary alicyclic amines) is 1. The van der Waals surface area contributed by atoms with Gasteiger partial charge in [0.05, 0.1) is 5.69 Å². The lowest BCUT2D eigenvalue weighted by Gasteiger charge is -2.42. The summed E-state index contributed by atoms with van der Waals surface area (Å²) in [6, 6.07) is 2.48. The van der Waals surface area contributed by atoms with Crippen LogP contribution in [-0.2, 0) is 0 Å². The van der Waals surface area contributed by atoms with Crippen LogP contribution < -0.4 is 0 Å². The molecule has 142 valence electrons. The Kier molecular flexibility index (Phi) is 4.22. The van der Waals surface area contributed by atoms with E-state index in [1.54, 1.807) is 10.8 Å². The van der Waals surface area contributed by atoms with Gasteiger partial charge < -0.3 is 9.80 Å². The molecule has 1 fully saturated rings. The molecular formula is C19H25N7O. The summed E-state index contributed by atoms with van der Waals surface area (Å²) in [5, 5.41) is 11.8. The van der Waals surface area contributed by atoms with Gasteiger partial charge in [-0.25, -0.2) is 9.50 Å². The number of likely N-dealkylation sites (N-methyl/N-ethyl adjacent to an activating group) is 1. The molecule has 8 heteroatoms. The first-order chi connectivity index (χ1) is 12.9. The fourth-order valence-electron chi connectivity index (χ4n) is 3.62. The molecule has 0 aliphatic carbocycles. The minimum absolute atomic E-state index is 0.00199. The minimum atomic E-state index is -0.00199. The van der Waals surface area contributed by atoms with Crippen LogP contribution in [0.5, 0.6) is 0 Å². The molecule has 4 heterocycles. The third-order valence-corrected chi connectivity index (χ3v) is 5.31. The number of rotatable bonds is 4. The molecule has 27 heavy (non-hydrogen) atoms. The Labute approximate surface area is 158 Å². The van der Waals surface area contributed by atoms with Crippen LogP contribution in [-0.4, -0.2) is 73.7 Å². The molecule has 3 aromatic rings. The van der Waals surface area contributed by atoms with Gasteiger partial charge >= 0.3 is 0 Å². The van der Waals surface area contributed by atoms with Crippen LogP contribution in [0.4, 0.5) is 0 Å². The number of aryl methyl sites for hydroxylation is 1. The van der Waals surface area contributed by atoms with Crippen molar-refractivity contribution in [2.24, 2.45) is 0 Å². The van der Waals surface area contributed by atoms with E-state index < -0.39 is 0 Å². The first kappa shape index (κ1) is 17.7. The summed E-state index contributed by atoms with van der Waals surface area (Å²) >= 11 is 0. The fourth-order valence-corrected chi connectivity index (χ4v) is 3.62. The van der Waals surface area contributed by atoms with Gasteiger partial charge in [-0.15, -0.1) is 0 Å². The molecule has 1 aliphatic heterocycles. The van der Waals surface area contributed by atoms with E-state index in [1.165, 1.54) is 0 Å². The monoisotopic (exact) mass is 367 g/mol. The number of carbonyl (C=O) groups excluding carboxylic acids is 1. The quantitative estimate of drug-likeness (QED) is 0.762. The largest absolute Gasteiger partial charge is 0.334 e. The van der Waals surface area contributed by atoms with Crippen molar-refractivity contribution in [3.05, 3.63) is 35.4 Å². The van der Waals surface area contributed by atoms with Crippen molar-refractivity contribution in [3.8, 4) is 11.3 Å². The summed E-state index contributed by atoms with van der Waals surface area (Å²) in [5.74, 6) is 0.160. The molecule has 1 N–H and O–H groups in total. The zero-order valence-corrected chi connectivity index (χ0v) is 16.4. The normalized spacial score (nSPS) is 15.1. The third kappa shape index (κ3) is 2.90. The van der Waals surface area contributed by atoms with Crippen LogP contribution in [0.1, 0.15) is 41.4 Å². The molecule has 3 aromatic heterocycles. The van der Waals surface area contributed by atoms with Crippen molar-refractivity contribution in [3.63, 3.8) is 0 Å². The lowest BCUT2D eigenvalue weighted by Crippen LogP contribution is -2.59. The summed E-state index contributed by atoms with van der Waals surface area (Å²) in [6.07, 6.45) is 3.47. The van der Waals surface area contributed by atoms with Crippen molar-refractivity contribution in [1.29, 1.82) is 0 Å². The molecule has 1 amide bonds. The predicted molar refractivity (Wildman–Crippen MR) is 103 cm³/mol. The smallest absolute Gasteiger partial charge is 0.274 e. The Bertz CT molecular complexity index is 995. The Morgan fingerprint density at radius 1 is 1.33 bits per heavy atom. The number of fused-ring (bicyclic) bond motifs is 1. The van der Waals surface area contributed by atoms with Crippen molar-refractivity contribution in [1.82, 2.24) is 34.6 Å². The second-order valence-electron chi connectivity index (χ2n) is 7.78. The van der Waals surface area contributed by atoms with Crippen LogP contribution in [0.3, 0.4) is 0 Å². The molecule has 1 aliphatic rings. The first-order valence-electron chi connectivity index (χ1n) is 9.21. The van der Waals surface area contributed by atoms with Gasteiger partial charge in [0.1, 0.15) is 6.33 Å². The molecule has 8 nitrogen and oxygen atoms in total. The Morgan fingerprint density at radius 3 is 2.74 bits per heavy atom. The van der Waals surface area contributed by atoms with E-state index in [9.17, 15) is 4.79 Å². The summed E-state index contributed by atoms with van der Waals surface area (Å²) < 4.78 is 1.76. The highest BCUT2D eigenvalue weighted by molar-refractivity contribution is 5.96. The predicted octanol–water partition coefficient (Wildman–Crippen LogP) is 1.94. The first-order valence-corrected chi connectivity index (χ1v) is 9.21. The van der Waals surface area contributed by atoms with Crippen molar-refractivity contribution < 1.29 is 4.79 Å². The number of carbonyl (C=O) groups is 1. The number of hydrogen-bond acceptors (Lipinski definition) is 5. The second-order valence-corrected chi connectivity index (χ2v) is 7.78. The van der Waals surface area contributed by atoms with Crippen molar-refractivity contribution >= 4 is 11.6 Å². The number of nitrogens with zero attached hydrogens (tertiary/aromatic N) is 6. The zero-order valence-electron chi connectivity index (χ0n) is 16.4. The Morgan fingerprint density at radius 2 is 2.07 bits per heavy atom. The third-order valence-electron chi connectivity index (χ3n) is 5.31. The summed E-state index contributed by atoms with van der Waals surface area (Å²) in [5.41, 5.74) is 5.16. The van der Waals surface area contributed by atoms with Gasteiger partial charge in [-0.05, 0) is 38.6 Å². The number of pyridine rings is 1. The molecule has 1 saturated heterocycles. The number of aromatic nitrogens is 5. The van der Waals surface area contributed by atoms with E-state index in [2.05, 4.69) is 45.1 Å². The summed E-state index contributed by atoms with van der Waals surface area (Å²) in [4.78, 5) is 21.3. The fraction of sp³-hybridized carbons (Fsp3) is 0.474. The molecule has 0 spiro atoms. The summed E-state index contributed by atoms with van der Waals surface area (Å²) in [6.45, 7) is 7.67. The van der Waals surface area contributed by atoms with Crippen molar-refractivity contribution in [2.75, 3.05) is 27.2 Å². The molecule has 0 atom stereocenters. The summed E-state index contributed by atoms with van der Waals surface area (Å²) in [7, 11) is 4.09. The average Bonchev–Trinajstić information content (AvgIpc) is 3.19. The number of aromatic amines is 1. The number of H-pyrrole nitrogens is 1. The SMILES string of the molecule is Cc1cc(-c2[nH]nc(C(=O)N3CC(N(C)C)C3)c2C(C)C)cn2ncnc12. The molecule has 0 bridgehead atoms. The second kappa shape index (κ2) is 6.45. The Hall–Kier alpha value is -2.74. The maximum absolute atomic E-state index is 13.0. The molecule has 0 unspecified atom stereocenters. The van der Waals surface area contributed by atoms with E-state index in [0.717, 1.165) is 41.1 Å². The average molecular weight is 367 g/mol. The zero-order chi connectivity index (χ0) is 19.3. The molecule has 0 saturated carbocycles. The number of amides is 1. The van der Waals surface area contributed by atoms with E-state index >= 15 is 0 Å². The van der Waals surface area contributed by atoms with Gasteiger partial charge in [0.2, 0.25) is 0 Å². The van der Waals surface area contributed by atoms with Crippen molar-refractivity contribution in [2.45, 2.75) is 32.7 Å². The van der Waals surface area contributed by atoms with Crippen LogP contribution >= 0.6 is 0 Å². The maximum Gasteiger partial charge on any atom is 0.274 e. The highest BCUT2D eigenvalue weighted by Crippen LogP contribution is 2.32. The minimum Gasteiger partial charge on any atom is -0.334 e. The molecule has 0 aromatic carbocycles. The molecule has 4 rings (SSSR count). The molecular weight excluding hydrogens is 342 g/mol. The maximum atomic E-state index is 13.0. The Balaban J connectivity index is 1.71. The number of nitrogens with one attached hydrogen (secondary N) is 1. The lowest BCUT2D eigenvalue weighted by molar-refractivity contribution is 0.0392. The van der Waals surface area contributed by atoms with Crippen LogP contribution in [0.15, 0.2) is 18.6 Å². The lowest BCUT2D eigenvalue weighted by atomic mass is 9.95. The standard InChI is InChI=1S/C19H25N7O/c1-11(2)15-16(13-6-12(3)18-20-10-21-26(18)7-13)22-23-17(15)19(27)25-8-14(9-25)24(4)5/h6-7,10-11,14H,8-9H2,1-5H3,(H,22,23). The van der Waals surface area contributed by atoms with E-state index in [0.29, 0.717) is 11.7 Å². The van der Waals surface area contributed by atoms with E-state index in [1.807, 2.05) is 32.1 Å². The van der Waals surface area contributed by atoms with Gasteiger partial charge in [-0.3, -0.25) is 9.89 Å². The van der Waals surface area contributed by atoms with Gasteiger partial charge in [0.15, 0.2) is 11.3 Å². The van der Waals surface area contributed by atoms with Gasteiger partial charge in [-0.2, -0.15) is 10.2 Å². The van der Waals surface area contributed by atoms with Gasteiger partial charge in [0, 0.05) is 36.5 Å². The van der Waals surface area contributed by atoms with E-state index in [-0.39, 0.29) is 11.8 Å². The van der Waals surface area contributed by atoms with E-state index in [4.69, 9.17) is 0 Å². The number of hydrogen-bond donors (Lipinski definition) is 1. The van der Waals surface area contributed by atoms with Gasteiger partial charge in [0.25, 0.3) is 5.91 Å². The topological polar surface area (TPSA) is 82.4 Å². The highest BCUT2D eigenvalue weighted by Gasteiger charge is 2.35. The van der Waals surface area contributed by atoms with Crippen LogP contribution in [0.2, 0.25) is 0 Å². The highest BCUT2D eigenvalue weighted by atomic mass is 16.2.